The van der Waals surface area contributed by atoms with Crippen LogP contribution >= 0.6 is 0 Å². The quantitative estimate of drug-likeness (QED) is 0.467. The standard InChI is InChI=1S/C22H17F6N3O/c1-10-9-31-11(2)30(4-3-18(31)22(10,27)28)21-20-14(5-12(23)8-17(20)32-29-21)19-15(25)6-13(24)7-16(19)26/h5-8,10,18H,2-4,9H2,1H3/t10-,18-/m1/s1. The average molecular weight is 453 g/mol. The summed E-state index contributed by atoms with van der Waals surface area (Å²) in [5.74, 6) is -7.91. The molecule has 4 nitrogen and oxygen atoms in total. The molecule has 10 heteroatoms. The Bertz CT molecular complexity index is 1230. The largest absolute Gasteiger partial charge is 0.354 e. The number of fused-ring (bicyclic) bond motifs is 2. The van der Waals surface area contributed by atoms with Gasteiger partial charge in [-0.3, -0.25) is 0 Å². The minimum absolute atomic E-state index is 0.0597. The van der Waals surface area contributed by atoms with Crippen LogP contribution in [0.5, 0.6) is 0 Å². The zero-order valence-electron chi connectivity index (χ0n) is 16.8. The van der Waals surface area contributed by atoms with E-state index in [0.717, 1.165) is 12.1 Å². The molecule has 0 spiro atoms. The molecule has 0 amide bonds. The van der Waals surface area contributed by atoms with E-state index in [4.69, 9.17) is 4.52 Å². The number of benzene rings is 2. The van der Waals surface area contributed by atoms with E-state index in [2.05, 4.69) is 11.7 Å². The molecular formula is C22H17F6N3O. The van der Waals surface area contributed by atoms with E-state index < -0.39 is 46.7 Å². The SMILES string of the molecule is C=C1N(c2noc3cc(F)cc(-c4c(F)cc(F)cc4F)c23)CC[C@H]2N1C[C@@H](C)C2(F)F. The summed E-state index contributed by atoms with van der Waals surface area (Å²) < 4.78 is 91.0. The Morgan fingerprint density at radius 3 is 2.41 bits per heavy atom. The minimum Gasteiger partial charge on any atom is -0.354 e. The van der Waals surface area contributed by atoms with Crippen LogP contribution in [0.3, 0.4) is 0 Å². The minimum atomic E-state index is -2.89. The Hall–Kier alpha value is -3.17. The molecule has 2 fully saturated rings. The summed E-state index contributed by atoms with van der Waals surface area (Å²) in [6.07, 6.45) is 0.0838. The van der Waals surface area contributed by atoms with Gasteiger partial charge in [0.2, 0.25) is 0 Å². The van der Waals surface area contributed by atoms with Crippen molar-refractivity contribution in [2.24, 2.45) is 5.92 Å². The summed E-state index contributed by atoms with van der Waals surface area (Å²) in [6.45, 7) is 5.56. The van der Waals surface area contributed by atoms with E-state index >= 15 is 0 Å². The van der Waals surface area contributed by atoms with E-state index in [1.54, 1.807) is 0 Å². The summed E-state index contributed by atoms with van der Waals surface area (Å²) in [5, 5.41) is 4.00. The lowest BCUT2D eigenvalue weighted by atomic mass is 9.98. The highest BCUT2D eigenvalue weighted by Crippen LogP contribution is 2.47. The molecule has 2 aliphatic rings. The normalized spacial score (nSPS) is 22.7. The molecule has 0 unspecified atom stereocenters. The second-order valence-electron chi connectivity index (χ2n) is 8.18. The van der Waals surface area contributed by atoms with Crippen molar-refractivity contribution >= 4 is 16.8 Å². The number of hydrogen-bond acceptors (Lipinski definition) is 4. The zero-order chi connectivity index (χ0) is 22.9. The van der Waals surface area contributed by atoms with Crippen molar-refractivity contribution in [3.63, 3.8) is 0 Å². The first-order valence-electron chi connectivity index (χ1n) is 9.94. The Morgan fingerprint density at radius 2 is 1.72 bits per heavy atom. The molecule has 2 aromatic carbocycles. The molecule has 2 aliphatic heterocycles. The number of hydrogen-bond donors (Lipinski definition) is 0. The third-order valence-corrected chi connectivity index (χ3v) is 6.27. The maximum atomic E-state index is 14.5. The molecule has 1 aromatic heterocycles. The van der Waals surface area contributed by atoms with Crippen molar-refractivity contribution in [1.82, 2.24) is 10.1 Å². The van der Waals surface area contributed by atoms with Crippen LogP contribution in [0.1, 0.15) is 13.3 Å². The van der Waals surface area contributed by atoms with E-state index in [-0.39, 0.29) is 47.7 Å². The molecular weight excluding hydrogens is 436 g/mol. The van der Waals surface area contributed by atoms with E-state index in [1.165, 1.54) is 16.7 Å². The fourth-order valence-corrected chi connectivity index (χ4v) is 4.68. The van der Waals surface area contributed by atoms with Gasteiger partial charge >= 0.3 is 0 Å². The molecule has 3 aromatic rings. The summed E-state index contributed by atoms with van der Waals surface area (Å²) >= 11 is 0. The van der Waals surface area contributed by atoms with Crippen LogP contribution in [-0.2, 0) is 0 Å². The van der Waals surface area contributed by atoms with Gasteiger partial charge in [0.05, 0.1) is 17.0 Å². The molecule has 2 atom stereocenters. The van der Waals surface area contributed by atoms with Crippen molar-refractivity contribution in [3.8, 4) is 11.1 Å². The Balaban J connectivity index is 1.66. The predicted molar refractivity (Wildman–Crippen MR) is 105 cm³/mol. The molecule has 5 rings (SSSR count). The van der Waals surface area contributed by atoms with Crippen LogP contribution in [0.15, 0.2) is 41.2 Å². The molecule has 0 radical (unpaired) electrons. The van der Waals surface area contributed by atoms with Crippen molar-refractivity contribution < 1.29 is 30.9 Å². The van der Waals surface area contributed by atoms with Crippen LogP contribution in [0.25, 0.3) is 22.1 Å². The third-order valence-electron chi connectivity index (χ3n) is 6.27. The molecule has 0 aliphatic carbocycles. The number of rotatable bonds is 2. The summed E-state index contributed by atoms with van der Waals surface area (Å²) in [4.78, 5) is 2.99. The maximum absolute atomic E-state index is 14.5. The first kappa shape index (κ1) is 20.7. The highest BCUT2D eigenvalue weighted by molar-refractivity contribution is 6.02. The number of alkyl halides is 2. The number of halogens is 6. The van der Waals surface area contributed by atoms with Gasteiger partial charge in [-0.1, -0.05) is 18.7 Å². The van der Waals surface area contributed by atoms with Crippen LogP contribution in [0, 0.1) is 29.2 Å². The molecule has 3 heterocycles. The van der Waals surface area contributed by atoms with Gasteiger partial charge < -0.3 is 14.3 Å². The number of aromatic nitrogens is 1. The Labute approximate surface area is 178 Å². The van der Waals surface area contributed by atoms with E-state index in [1.807, 2.05) is 0 Å². The number of nitrogens with zero attached hydrogens (tertiary/aromatic N) is 3. The van der Waals surface area contributed by atoms with Gasteiger partial charge in [-0.15, -0.1) is 0 Å². The molecule has 0 N–H and O–H groups in total. The van der Waals surface area contributed by atoms with Gasteiger partial charge in [-0.25, -0.2) is 26.3 Å². The lowest BCUT2D eigenvalue weighted by Gasteiger charge is -2.41. The first-order chi connectivity index (χ1) is 15.1. The lowest BCUT2D eigenvalue weighted by Crippen LogP contribution is -2.50. The number of anilines is 1. The molecule has 168 valence electrons. The van der Waals surface area contributed by atoms with Gasteiger partial charge in [0.1, 0.15) is 29.1 Å². The van der Waals surface area contributed by atoms with Crippen molar-refractivity contribution in [2.45, 2.75) is 25.3 Å². The van der Waals surface area contributed by atoms with Crippen LogP contribution in [0.2, 0.25) is 0 Å². The van der Waals surface area contributed by atoms with Gasteiger partial charge in [0.25, 0.3) is 5.92 Å². The highest BCUT2D eigenvalue weighted by atomic mass is 19.3. The third kappa shape index (κ3) is 2.88. The van der Waals surface area contributed by atoms with Crippen molar-refractivity contribution in [2.75, 3.05) is 18.0 Å². The first-order valence-corrected chi connectivity index (χ1v) is 9.94. The second kappa shape index (κ2) is 6.91. The van der Waals surface area contributed by atoms with Gasteiger partial charge in [-0.05, 0) is 12.5 Å². The topological polar surface area (TPSA) is 32.5 Å². The molecule has 32 heavy (non-hydrogen) atoms. The van der Waals surface area contributed by atoms with Crippen LogP contribution in [-0.4, -0.2) is 35.1 Å². The summed E-state index contributed by atoms with van der Waals surface area (Å²) in [7, 11) is 0. The monoisotopic (exact) mass is 453 g/mol. The Morgan fingerprint density at radius 1 is 1.06 bits per heavy atom. The average Bonchev–Trinajstić information content (AvgIpc) is 3.21. The lowest BCUT2D eigenvalue weighted by molar-refractivity contribution is -0.0605. The zero-order valence-corrected chi connectivity index (χ0v) is 16.8. The van der Waals surface area contributed by atoms with Crippen molar-refractivity contribution in [1.29, 1.82) is 0 Å². The van der Waals surface area contributed by atoms with Crippen molar-refractivity contribution in [3.05, 3.63) is 59.9 Å². The summed E-state index contributed by atoms with van der Waals surface area (Å²) in [5.41, 5.74) is -0.989. The molecule has 0 bridgehead atoms. The fraction of sp³-hybridized carbons (Fsp3) is 0.318. The predicted octanol–water partition coefficient (Wildman–Crippen LogP) is 5.69. The van der Waals surface area contributed by atoms with Crippen LogP contribution < -0.4 is 4.90 Å². The van der Waals surface area contributed by atoms with E-state index in [0.29, 0.717) is 12.1 Å². The summed E-state index contributed by atoms with van der Waals surface area (Å²) in [6, 6.07) is 1.84. The molecule has 0 saturated carbocycles. The Kier molecular flexibility index (Phi) is 4.48. The maximum Gasteiger partial charge on any atom is 0.272 e. The van der Waals surface area contributed by atoms with Crippen LogP contribution in [0.4, 0.5) is 32.2 Å². The second-order valence-corrected chi connectivity index (χ2v) is 8.18. The smallest absolute Gasteiger partial charge is 0.272 e. The fourth-order valence-electron chi connectivity index (χ4n) is 4.68. The highest BCUT2D eigenvalue weighted by Gasteiger charge is 2.56. The van der Waals surface area contributed by atoms with Gasteiger partial charge in [-0.2, -0.15) is 0 Å². The van der Waals surface area contributed by atoms with E-state index in [9.17, 15) is 26.3 Å². The van der Waals surface area contributed by atoms with Gasteiger partial charge in [0, 0.05) is 42.8 Å². The van der Waals surface area contributed by atoms with Gasteiger partial charge in [0.15, 0.2) is 11.4 Å². The molecule has 2 saturated heterocycles.